The number of hydrogen-bond acceptors (Lipinski definition) is 4. The van der Waals surface area contributed by atoms with E-state index in [1.54, 1.807) is 7.05 Å². The Morgan fingerprint density at radius 3 is 2.52 bits per heavy atom. The highest BCUT2D eigenvalue weighted by Crippen LogP contribution is 2.14. The number of nitrogens with one attached hydrogen (secondary N) is 2. The smallest absolute Gasteiger partial charge is 0.191 e. The van der Waals surface area contributed by atoms with Crippen LogP contribution < -0.4 is 10.6 Å². The Morgan fingerprint density at radius 2 is 1.95 bits per heavy atom. The largest absolute Gasteiger partial charge is 0.380 e. The van der Waals surface area contributed by atoms with Gasteiger partial charge < -0.3 is 20.1 Å². The van der Waals surface area contributed by atoms with Crippen molar-refractivity contribution >= 4 is 29.9 Å². The van der Waals surface area contributed by atoms with E-state index < -0.39 is 0 Å². The van der Waals surface area contributed by atoms with Crippen LogP contribution in [0.2, 0.25) is 0 Å². The van der Waals surface area contributed by atoms with Crippen LogP contribution in [0.15, 0.2) is 4.99 Å². The summed E-state index contributed by atoms with van der Waals surface area (Å²) in [7, 11) is 1.79. The molecule has 6 nitrogen and oxygen atoms in total. The monoisotopic (exact) mass is 414 g/mol. The predicted octanol–water partition coefficient (Wildman–Crippen LogP) is 0.917. The van der Waals surface area contributed by atoms with Crippen LogP contribution in [0.4, 0.5) is 0 Å². The summed E-state index contributed by atoms with van der Waals surface area (Å²) in [6.45, 7) is 13.2. The maximum Gasteiger partial charge on any atom is 0.191 e. The molecule has 0 aromatic heterocycles. The van der Waals surface area contributed by atoms with Crippen LogP contribution >= 0.6 is 24.0 Å². The van der Waals surface area contributed by atoms with E-state index in [9.17, 15) is 0 Å². The van der Waals surface area contributed by atoms with Crippen LogP contribution in [-0.2, 0) is 9.47 Å². The molecular formula is C14H31IN4O2. The van der Waals surface area contributed by atoms with Gasteiger partial charge in [0.25, 0.3) is 0 Å². The van der Waals surface area contributed by atoms with Gasteiger partial charge in [-0.15, -0.1) is 24.0 Å². The van der Waals surface area contributed by atoms with E-state index in [1.165, 1.54) is 0 Å². The number of rotatable bonds is 7. The van der Waals surface area contributed by atoms with Crippen molar-refractivity contribution in [2.45, 2.75) is 26.3 Å². The molecule has 0 spiro atoms. The highest BCUT2D eigenvalue weighted by atomic mass is 127. The molecule has 2 N–H and O–H groups in total. The molecule has 21 heavy (non-hydrogen) atoms. The molecule has 0 bridgehead atoms. The van der Waals surface area contributed by atoms with Crippen LogP contribution in [0.1, 0.15) is 20.8 Å². The summed E-state index contributed by atoms with van der Waals surface area (Å²) in [4.78, 5) is 6.68. The maximum atomic E-state index is 5.41. The molecule has 0 aromatic rings. The molecule has 126 valence electrons. The van der Waals surface area contributed by atoms with Gasteiger partial charge >= 0.3 is 0 Å². The minimum atomic E-state index is 0. The van der Waals surface area contributed by atoms with Crippen molar-refractivity contribution in [1.29, 1.82) is 0 Å². The number of halogens is 1. The molecule has 0 atom stereocenters. The molecule has 0 saturated carbocycles. The first kappa shape index (κ1) is 20.9. The van der Waals surface area contributed by atoms with E-state index in [1.807, 2.05) is 6.92 Å². The molecule has 1 saturated heterocycles. The fourth-order valence-electron chi connectivity index (χ4n) is 2.19. The molecule has 1 heterocycles. The lowest BCUT2D eigenvalue weighted by Crippen LogP contribution is -2.56. The topological polar surface area (TPSA) is 58.1 Å². The van der Waals surface area contributed by atoms with Gasteiger partial charge in [0.1, 0.15) is 0 Å². The van der Waals surface area contributed by atoms with Gasteiger partial charge in [-0.2, -0.15) is 0 Å². The highest BCUT2D eigenvalue weighted by Gasteiger charge is 2.28. The van der Waals surface area contributed by atoms with Crippen molar-refractivity contribution in [3.63, 3.8) is 0 Å². The average molecular weight is 414 g/mol. The Hall–Kier alpha value is -0.120. The van der Waals surface area contributed by atoms with Crippen molar-refractivity contribution in [1.82, 2.24) is 15.5 Å². The Kier molecular flexibility index (Phi) is 11.4. The lowest BCUT2D eigenvalue weighted by Gasteiger charge is -2.41. The second-order valence-corrected chi connectivity index (χ2v) is 5.46. The summed E-state index contributed by atoms with van der Waals surface area (Å²) in [5.74, 6) is 0.825. The Bertz CT molecular complexity index is 295. The normalized spacial score (nSPS) is 17.2. The van der Waals surface area contributed by atoms with Crippen LogP contribution in [0.25, 0.3) is 0 Å². The van der Waals surface area contributed by atoms with E-state index in [-0.39, 0.29) is 29.5 Å². The van der Waals surface area contributed by atoms with Crippen LogP contribution in [0.3, 0.4) is 0 Å². The Labute approximate surface area is 146 Å². The molecule has 0 aliphatic carbocycles. The molecule has 1 rings (SSSR count). The fraction of sp³-hybridized carbons (Fsp3) is 0.929. The molecule has 1 aliphatic rings. The third-order valence-corrected chi connectivity index (χ3v) is 3.52. The summed E-state index contributed by atoms with van der Waals surface area (Å²) in [6.07, 6.45) is 0. The van der Waals surface area contributed by atoms with E-state index in [2.05, 4.69) is 34.4 Å². The Balaban J connectivity index is 0.00000400. The summed E-state index contributed by atoms with van der Waals surface area (Å²) < 4.78 is 10.7. The third kappa shape index (κ3) is 8.18. The molecule has 1 aliphatic heterocycles. The number of nitrogens with zero attached hydrogens (tertiary/aromatic N) is 2. The van der Waals surface area contributed by atoms with Crippen molar-refractivity contribution in [3.8, 4) is 0 Å². The number of aliphatic imine (C=N–C) groups is 1. The molecule has 0 unspecified atom stereocenters. The van der Waals surface area contributed by atoms with Crippen LogP contribution in [0.5, 0.6) is 0 Å². The number of morpholine rings is 1. The average Bonchev–Trinajstić information content (AvgIpc) is 2.47. The van der Waals surface area contributed by atoms with E-state index in [0.29, 0.717) is 6.61 Å². The summed E-state index contributed by atoms with van der Waals surface area (Å²) in [5, 5.41) is 6.64. The summed E-state index contributed by atoms with van der Waals surface area (Å²) in [5.41, 5.74) is 0.0846. The Morgan fingerprint density at radius 1 is 1.29 bits per heavy atom. The van der Waals surface area contributed by atoms with Gasteiger partial charge in [-0.25, -0.2) is 0 Å². The molecule has 0 aromatic carbocycles. The standard InChI is InChI=1S/C14H30N4O2.HI/c1-5-19-9-6-16-13(15-4)17-12-14(2,3)18-7-10-20-11-8-18;/h5-12H2,1-4H3,(H2,15,16,17);1H. The zero-order valence-corrected chi connectivity index (χ0v) is 16.1. The van der Waals surface area contributed by atoms with Gasteiger partial charge in [0.15, 0.2) is 5.96 Å². The van der Waals surface area contributed by atoms with Gasteiger partial charge in [0, 0.05) is 45.4 Å². The highest BCUT2D eigenvalue weighted by molar-refractivity contribution is 14.0. The minimum absolute atomic E-state index is 0. The molecule has 0 amide bonds. The lowest BCUT2D eigenvalue weighted by atomic mass is 10.0. The predicted molar refractivity (Wildman–Crippen MR) is 97.7 cm³/mol. The first-order valence-corrected chi connectivity index (χ1v) is 7.45. The summed E-state index contributed by atoms with van der Waals surface area (Å²) >= 11 is 0. The van der Waals surface area contributed by atoms with Gasteiger partial charge in [0.05, 0.1) is 19.8 Å². The first-order chi connectivity index (χ1) is 9.60. The number of guanidine groups is 1. The number of hydrogen-bond donors (Lipinski definition) is 2. The van der Waals surface area contributed by atoms with Gasteiger partial charge in [-0.05, 0) is 20.8 Å². The second-order valence-electron chi connectivity index (χ2n) is 5.46. The second kappa shape index (κ2) is 11.4. The zero-order chi connectivity index (χ0) is 14.8. The van der Waals surface area contributed by atoms with Crippen molar-refractivity contribution in [3.05, 3.63) is 0 Å². The first-order valence-electron chi connectivity index (χ1n) is 7.45. The molecule has 0 radical (unpaired) electrons. The van der Waals surface area contributed by atoms with E-state index >= 15 is 0 Å². The van der Waals surface area contributed by atoms with Crippen molar-refractivity contribution in [2.75, 3.05) is 59.7 Å². The third-order valence-electron chi connectivity index (χ3n) is 3.52. The maximum absolute atomic E-state index is 5.41. The SMILES string of the molecule is CCOCCNC(=NC)NCC(C)(C)N1CCOCC1.I. The van der Waals surface area contributed by atoms with Crippen LogP contribution in [-0.4, -0.2) is 76.1 Å². The van der Waals surface area contributed by atoms with Crippen LogP contribution in [0, 0.1) is 0 Å². The van der Waals surface area contributed by atoms with Gasteiger partial charge in [-0.3, -0.25) is 9.89 Å². The zero-order valence-electron chi connectivity index (χ0n) is 13.8. The van der Waals surface area contributed by atoms with Crippen molar-refractivity contribution < 1.29 is 9.47 Å². The minimum Gasteiger partial charge on any atom is -0.380 e. The van der Waals surface area contributed by atoms with Gasteiger partial charge in [-0.1, -0.05) is 0 Å². The molecule has 7 heteroatoms. The number of ether oxygens (including phenoxy) is 2. The molecular weight excluding hydrogens is 383 g/mol. The van der Waals surface area contributed by atoms with E-state index in [4.69, 9.17) is 9.47 Å². The van der Waals surface area contributed by atoms with E-state index in [0.717, 1.165) is 52.0 Å². The van der Waals surface area contributed by atoms with Crippen molar-refractivity contribution in [2.24, 2.45) is 4.99 Å². The fourth-order valence-corrected chi connectivity index (χ4v) is 2.19. The molecule has 1 fully saturated rings. The lowest BCUT2D eigenvalue weighted by molar-refractivity contribution is -0.00834. The summed E-state index contributed by atoms with van der Waals surface area (Å²) in [6, 6.07) is 0. The van der Waals surface area contributed by atoms with Gasteiger partial charge in [0.2, 0.25) is 0 Å². The quantitative estimate of drug-likeness (QED) is 0.281.